The smallest absolute Gasteiger partial charge is 0.108 e. The number of hydrogen-bond donors (Lipinski definition) is 0. The van der Waals surface area contributed by atoms with Gasteiger partial charge < -0.3 is 4.57 Å². The Morgan fingerprint density at radius 1 is 1.73 bits per heavy atom. The second-order valence-electron chi connectivity index (χ2n) is 2.34. The molecule has 0 spiro atoms. The largest absolute Gasteiger partial charge is 0.334 e. The van der Waals surface area contributed by atoms with Crippen molar-refractivity contribution < 1.29 is 0 Å². The number of nitrogens with zero attached hydrogens (tertiary/aromatic N) is 2. The van der Waals surface area contributed by atoms with Crippen molar-refractivity contribution in [2.45, 2.75) is 26.3 Å². The molecule has 1 heterocycles. The van der Waals surface area contributed by atoms with E-state index in [9.17, 15) is 0 Å². The topological polar surface area (TPSA) is 17.8 Å². The number of rotatable bonds is 3. The number of aromatic nitrogens is 2. The molecule has 0 aliphatic rings. The van der Waals surface area contributed by atoms with Gasteiger partial charge in [0.1, 0.15) is 5.82 Å². The van der Waals surface area contributed by atoms with Crippen LogP contribution < -0.4 is 0 Å². The highest BCUT2D eigenvalue weighted by atomic mass is 15.1. The van der Waals surface area contributed by atoms with E-state index in [2.05, 4.69) is 22.4 Å². The molecule has 2 heteroatoms. The van der Waals surface area contributed by atoms with Gasteiger partial charge in [-0.1, -0.05) is 6.92 Å². The summed E-state index contributed by atoms with van der Waals surface area (Å²) < 4.78 is 2.10. The maximum atomic E-state index is 5.15. The maximum absolute atomic E-state index is 5.15. The highest BCUT2D eigenvalue weighted by Gasteiger charge is 1.96. The van der Waals surface area contributed by atoms with Crippen molar-refractivity contribution in [2.24, 2.45) is 0 Å². The minimum atomic E-state index is 0.781. The van der Waals surface area contributed by atoms with Gasteiger partial charge in [0.05, 0.1) is 0 Å². The number of imidazole rings is 1. The van der Waals surface area contributed by atoms with Gasteiger partial charge in [0.15, 0.2) is 0 Å². The zero-order valence-electron chi connectivity index (χ0n) is 6.75. The molecule has 0 aliphatic heterocycles. The molecule has 0 unspecified atom stereocenters. The van der Waals surface area contributed by atoms with Crippen LogP contribution in [-0.2, 0) is 13.0 Å². The van der Waals surface area contributed by atoms with E-state index in [1.165, 1.54) is 0 Å². The van der Waals surface area contributed by atoms with E-state index in [4.69, 9.17) is 6.42 Å². The van der Waals surface area contributed by atoms with Gasteiger partial charge >= 0.3 is 0 Å². The first-order valence-corrected chi connectivity index (χ1v) is 3.82. The molecule has 1 aromatic heterocycles. The van der Waals surface area contributed by atoms with Gasteiger partial charge in [-0.15, -0.1) is 12.3 Å². The summed E-state index contributed by atoms with van der Waals surface area (Å²) in [5, 5.41) is 0. The molecule has 0 saturated carbocycles. The minimum absolute atomic E-state index is 0.781. The van der Waals surface area contributed by atoms with Crippen LogP contribution in [-0.4, -0.2) is 9.55 Å². The quantitative estimate of drug-likeness (QED) is 0.593. The first-order valence-electron chi connectivity index (χ1n) is 3.82. The maximum Gasteiger partial charge on any atom is 0.108 e. The van der Waals surface area contributed by atoms with E-state index in [1.54, 1.807) is 0 Å². The summed E-state index contributed by atoms with van der Waals surface area (Å²) in [5.41, 5.74) is 0. The Balaban J connectivity index is 2.62. The van der Waals surface area contributed by atoms with Gasteiger partial charge in [0, 0.05) is 31.8 Å². The predicted molar refractivity (Wildman–Crippen MR) is 45.1 cm³/mol. The molecule has 1 aromatic rings. The molecule has 0 N–H and O–H groups in total. The second kappa shape index (κ2) is 3.82. The van der Waals surface area contributed by atoms with E-state index < -0.39 is 0 Å². The monoisotopic (exact) mass is 148 g/mol. The zero-order valence-corrected chi connectivity index (χ0v) is 6.75. The zero-order chi connectivity index (χ0) is 8.10. The average Bonchev–Trinajstić information content (AvgIpc) is 2.47. The first-order chi connectivity index (χ1) is 5.38. The van der Waals surface area contributed by atoms with Gasteiger partial charge in [0.25, 0.3) is 0 Å². The Kier molecular flexibility index (Phi) is 2.74. The van der Waals surface area contributed by atoms with Crippen LogP contribution in [0.15, 0.2) is 12.4 Å². The number of terminal acetylenes is 1. The van der Waals surface area contributed by atoms with Crippen molar-refractivity contribution in [3.8, 4) is 12.3 Å². The van der Waals surface area contributed by atoms with E-state index >= 15 is 0 Å². The fraction of sp³-hybridized carbons (Fsp3) is 0.444. The number of hydrogen-bond acceptors (Lipinski definition) is 1. The third-order valence-corrected chi connectivity index (χ3v) is 1.61. The lowest BCUT2D eigenvalue weighted by Crippen LogP contribution is -2.00. The second-order valence-corrected chi connectivity index (χ2v) is 2.34. The average molecular weight is 148 g/mol. The standard InChI is InChI=1S/C9H12N2/c1-3-5-7-11-8-6-10-9(11)4-2/h1,6,8H,4-5,7H2,2H3. The van der Waals surface area contributed by atoms with Crippen LogP contribution in [0.25, 0.3) is 0 Å². The van der Waals surface area contributed by atoms with Gasteiger partial charge in [-0.25, -0.2) is 4.98 Å². The molecule has 11 heavy (non-hydrogen) atoms. The summed E-state index contributed by atoms with van der Waals surface area (Å²) in [6.45, 7) is 2.98. The van der Waals surface area contributed by atoms with Gasteiger partial charge in [-0.3, -0.25) is 0 Å². The van der Waals surface area contributed by atoms with E-state index in [1.807, 2.05) is 12.4 Å². The first kappa shape index (κ1) is 7.87. The molecule has 0 bridgehead atoms. The van der Waals surface area contributed by atoms with Crippen molar-refractivity contribution in [3.63, 3.8) is 0 Å². The van der Waals surface area contributed by atoms with E-state index in [0.717, 1.165) is 25.2 Å². The van der Waals surface area contributed by atoms with Crippen LogP contribution in [0, 0.1) is 12.3 Å². The Labute approximate surface area is 67.3 Å². The summed E-state index contributed by atoms with van der Waals surface area (Å²) in [7, 11) is 0. The van der Waals surface area contributed by atoms with Gasteiger partial charge in [-0.05, 0) is 0 Å². The fourth-order valence-corrected chi connectivity index (χ4v) is 1.04. The molecule has 0 amide bonds. The summed E-state index contributed by atoms with van der Waals surface area (Å²) >= 11 is 0. The van der Waals surface area contributed by atoms with Crippen LogP contribution in [0.4, 0.5) is 0 Å². The highest BCUT2D eigenvalue weighted by molar-refractivity contribution is 4.93. The van der Waals surface area contributed by atoms with Crippen molar-refractivity contribution in [2.75, 3.05) is 0 Å². The SMILES string of the molecule is C#CCCn1ccnc1CC. The Bertz CT molecular complexity index is 255. The van der Waals surface area contributed by atoms with E-state index in [0.29, 0.717) is 0 Å². The molecule has 0 aliphatic carbocycles. The molecule has 58 valence electrons. The predicted octanol–water partition coefficient (Wildman–Crippen LogP) is 1.47. The fourth-order valence-electron chi connectivity index (χ4n) is 1.04. The summed E-state index contributed by atoms with van der Waals surface area (Å²) in [5.74, 6) is 3.72. The van der Waals surface area contributed by atoms with Crippen molar-refractivity contribution in [1.82, 2.24) is 9.55 Å². The van der Waals surface area contributed by atoms with Crippen LogP contribution in [0.5, 0.6) is 0 Å². The van der Waals surface area contributed by atoms with Gasteiger partial charge in [-0.2, -0.15) is 0 Å². The molecule has 0 atom stereocenters. The van der Waals surface area contributed by atoms with Crippen molar-refractivity contribution in [1.29, 1.82) is 0 Å². The Morgan fingerprint density at radius 2 is 2.55 bits per heavy atom. The van der Waals surface area contributed by atoms with Gasteiger partial charge in [0.2, 0.25) is 0 Å². The molecule has 1 rings (SSSR count). The molecule has 0 aromatic carbocycles. The molecular weight excluding hydrogens is 136 g/mol. The van der Waals surface area contributed by atoms with Crippen LogP contribution in [0.1, 0.15) is 19.2 Å². The van der Waals surface area contributed by atoms with Crippen LogP contribution >= 0.6 is 0 Å². The Morgan fingerprint density at radius 3 is 3.18 bits per heavy atom. The minimum Gasteiger partial charge on any atom is -0.334 e. The molecule has 0 fully saturated rings. The van der Waals surface area contributed by atoms with Crippen LogP contribution in [0.2, 0.25) is 0 Å². The lowest BCUT2D eigenvalue weighted by molar-refractivity contribution is 0.673. The normalized spacial score (nSPS) is 9.45. The van der Waals surface area contributed by atoms with Crippen molar-refractivity contribution in [3.05, 3.63) is 18.2 Å². The molecule has 0 radical (unpaired) electrons. The van der Waals surface area contributed by atoms with Crippen molar-refractivity contribution >= 4 is 0 Å². The summed E-state index contributed by atoms with van der Waals surface area (Å²) in [4.78, 5) is 4.18. The van der Waals surface area contributed by atoms with Crippen LogP contribution in [0.3, 0.4) is 0 Å². The lowest BCUT2D eigenvalue weighted by Gasteiger charge is -2.01. The summed E-state index contributed by atoms with van der Waals surface area (Å²) in [6, 6.07) is 0. The highest BCUT2D eigenvalue weighted by Crippen LogP contribution is 1.98. The third kappa shape index (κ3) is 1.84. The molecule has 0 saturated heterocycles. The number of aryl methyl sites for hydroxylation is 2. The molecular formula is C9H12N2. The molecule has 2 nitrogen and oxygen atoms in total. The summed E-state index contributed by atoms with van der Waals surface area (Å²) in [6.07, 6.45) is 10.7. The Hall–Kier alpha value is -1.23. The third-order valence-electron chi connectivity index (χ3n) is 1.61. The lowest BCUT2D eigenvalue weighted by atomic mass is 10.4. The van der Waals surface area contributed by atoms with E-state index in [-0.39, 0.29) is 0 Å².